The molecule has 0 bridgehead atoms. The van der Waals surface area contributed by atoms with Gasteiger partial charge in [0.05, 0.1) is 11.4 Å². The van der Waals surface area contributed by atoms with Gasteiger partial charge in [0.2, 0.25) is 0 Å². The van der Waals surface area contributed by atoms with Crippen molar-refractivity contribution in [3.63, 3.8) is 0 Å². The van der Waals surface area contributed by atoms with Crippen molar-refractivity contribution < 1.29 is 121 Å². The van der Waals surface area contributed by atoms with E-state index in [9.17, 15) is 0 Å². The number of H-pyrrole nitrogens is 2. The van der Waals surface area contributed by atoms with Crippen molar-refractivity contribution in [2.24, 2.45) is 0 Å². The molecule has 0 fully saturated rings. The smallest absolute Gasteiger partial charge is 0.582 e. The second-order valence-corrected chi connectivity index (χ2v) is 12.2. The predicted octanol–water partition coefficient (Wildman–Crippen LogP) is 5.36. The van der Waals surface area contributed by atoms with Crippen LogP contribution in [-0.4, -0.2) is 51.0 Å². The molecular weight excluding hydrogens is 1590 g/mol. The quantitative estimate of drug-likeness (QED) is 0.183. The third-order valence-corrected chi connectivity index (χ3v) is 6.00. The van der Waals surface area contributed by atoms with Gasteiger partial charge < -0.3 is 61.2 Å². The van der Waals surface area contributed by atoms with Crippen molar-refractivity contribution in [3.8, 4) is 0 Å². The molecule has 8 rings (SSSR count). The summed E-state index contributed by atoms with van der Waals surface area (Å²) >= 11 is 0. The van der Waals surface area contributed by atoms with Gasteiger partial charge in [-0.15, -0.1) is 28.5 Å². The van der Waals surface area contributed by atoms with Gasteiger partial charge >= 0.3 is 59.2 Å². The van der Waals surface area contributed by atoms with Gasteiger partial charge in [-0.05, 0) is 74.4 Å². The fourth-order valence-electron chi connectivity index (χ4n) is 3.78. The zero-order valence-corrected chi connectivity index (χ0v) is 46.6. The minimum atomic E-state index is 0. The maximum absolute atomic E-state index is 3.89. The second-order valence-electron chi connectivity index (χ2n) is 12.2. The molecule has 8 aromatic rings. The Balaban J connectivity index is -0.000000137. The number of rotatable bonds is 0. The summed E-state index contributed by atoms with van der Waals surface area (Å²) < 4.78 is 0. The Morgan fingerprint density at radius 1 is 0.400 bits per heavy atom. The monoisotopic (exact) mass is 1640 g/mol. The minimum Gasteiger partial charge on any atom is -0.582 e. The van der Waals surface area contributed by atoms with E-state index < -0.39 is 0 Å². The Morgan fingerprint density at radius 3 is 0.800 bits per heavy atom. The summed E-state index contributed by atoms with van der Waals surface area (Å²) in [5.74, 6) is 0. The molecule has 0 aromatic carbocycles. The molecule has 0 spiro atoms. The van der Waals surface area contributed by atoms with E-state index >= 15 is 0 Å². The Kier molecular flexibility index (Phi) is 46.9. The molecule has 0 unspecified atom stereocenters. The number of aryl methyl sites for hydroxylation is 14. The molecule has 0 aliphatic carbocycles. The van der Waals surface area contributed by atoms with E-state index in [0.29, 0.717) is 0 Å². The van der Waals surface area contributed by atoms with Crippen LogP contribution in [0, 0.1) is 96.9 Å². The summed E-state index contributed by atoms with van der Waals surface area (Å²) in [4.78, 5) is 0. The molecule has 22 heteroatoms. The predicted molar refractivity (Wildman–Crippen MR) is 209 cm³/mol. The summed E-state index contributed by atoms with van der Waals surface area (Å²) in [6.07, 6.45) is 3.35. The van der Waals surface area contributed by atoms with Gasteiger partial charge in [-0.25, -0.2) is 0 Å². The maximum atomic E-state index is 3.89. The van der Waals surface area contributed by atoms with Gasteiger partial charge in [0.25, 0.3) is 0 Å². The van der Waals surface area contributed by atoms with Crippen LogP contribution in [-0.2, 0) is 121 Å². The zero-order chi connectivity index (χ0) is 40.5. The van der Waals surface area contributed by atoms with Crippen LogP contribution in [0.1, 0.15) is 79.7 Å². The number of aromatic amines is 2. The fourth-order valence-corrected chi connectivity index (χ4v) is 3.78. The van der Waals surface area contributed by atoms with E-state index in [0.717, 1.165) is 79.7 Å². The SMILES string of the molecule is Cc1cc(C)[n-]n1.Cc1cc(C)[n-]n1.Cc1cc(C)[n-]n1.Cc1cc(C)[n-]n1.Cc1cc(C)[nH]n1.Cc1cc(C)[nH]n1.Cc1cc[n-]n1.Cc1ccn[n-]1.[Au].[Au].[Cu+].[Cu].[Pt+2].[Pt+2]. The molecule has 351 valence electrons. The van der Waals surface area contributed by atoms with Crippen LogP contribution in [0.4, 0.5) is 0 Å². The van der Waals surface area contributed by atoms with E-state index in [4.69, 9.17) is 0 Å². The molecule has 60 heavy (non-hydrogen) atoms. The summed E-state index contributed by atoms with van der Waals surface area (Å²) in [5.41, 5.74) is 14.3. The zero-order valence-electron chi connectivity index (χ0n) is 35.9. The summed E-state index contributed by atoms with van der Waals surface area (Å²) in [6.45, 7) is 27.2. The average Bonchev–Trinajstić information content (AvgIpc) is 3.95. The molecular formula is C38H54Au2Cu2N16Pt2-. The first-order valence-electron chi connectivity index (χ1n) is 17.1. The van der Waals surface area contributed by atoms with Crippen molar-refractivity contribution in [1.82, 2.24) is 81.6 Å². The van der Waals surface area contributed by atoms with E-state index in [1.807, 2.05) is 145 Å². The first-order chi connectivity index (χ1) is 25.5. The number of hydrogen-bond acceptors (Lipinski definition) is 8. The number of nitrogens with one attached hydrogen (secondary N) is 2. The molecule has 0 saturated carbocycles. The van der Waals surface area contributed by atoms with Crippen LogP contribution in [0.3, 0.4) is 0 Å². The molecule has 0 atom stereocenters. The topological polar surface area (TPSA) is 219 Å². The minimum absolute atomic E-state index is 0. The molecule has 16 nitrogen and oxygen atoms in total. The molecule has 3 radical (unpaired) electrons. The normalized spacial score (nSPS) is 8.37. The molecule has 0 aliphatic heterocycles. The van der Waals surface area contributed by atoms with Crippen LogP contribution in [0.5, 0.6) is 0 Å². The van der Waals surface area contributed by atoms with Crippen LogP contribution in [0.25, 0.3) is 0 Å². The van der Waals surface area contributed by atoms with Gasteiger partial charge in [-0.1, -0.05) is 71.0 Å². The second kappa shape index (κ2) is 40.6. The Hall–Kier alpha value is -2.42. The average molecular weight is 1650 g/mol. The van der Waals surface area contributed by atoms with Gasteiger partial charge in [0.15, 0.2) is 0 Å². The summed E-state index contributed by atoms with van der Waals surface area (Å²) in [7, 11) is 0. The first kappa shape index (κ1) is 69.3. The van der Waals surface area contributed by atoms with Crippen LogP contribution in [0.15, 0.2) is 60.9 Å². The van der Waals surface area contributed by atoms with Gasteiger partial charge in [0.1, 0.15) is 0 Å². The van der Waals surface area contributed by atoms with Crippen LogP contribution >= 0.6 is 0 Å². The molecule has 0 amide bonds. The van der Waals surface area contributed by atoms with Crippen LogP contribution in [0.2, 0.25) is 0 Å². The fraction of sp³-hybridized carbons (Fsp3) is 0.368. The van der Waals surface area contributed by atoms with Crippen molar-refractivity contribution >= 4 is 0 Å². The van der Waals surface area contributed by atoms with Crippen molar-refractivity contribution in [1.29, 1.82) is 0 Å². The first-order valence-corrected chi connectivity index (χ1v) is 17.1. The van der Waals surface area contributed by atoms with Crippen molar-refractivity contribution in [2.45, 2.75) is 96.9 Å². The Morgan fingerprint density at radius 2 is 0.733 bits per heavy atom. The largest absolute Gasteiger partial charge is 2.00 e. The number of nitrogens with zero attached hydrogens (tertiary/aromatic N) is 14. The Labute approximate surface area is 435 Å². The van der Waals surface area contributed by atoms with E-state index in [2.05, 4.69) is 81.6 Å². The molecule has 8 aromatic heterocycles. The Bertz CT molecular complexity index is 1640. The van der Waals surface area contributed by atoms with E-state index in [1.54, 1.807) is 12.4 Å². The van der Waals surface area contributed by atoms with E-state index in [1.165, 1.54) is 0 Å². The van der Waals surface area contributed by atoms with Gasteiger partial charge in [-0.2, -0.15) is 16.4 Å². The molecule has 2 N–H and O–H groups in total. The van der Waals surface area contributed by atoms with Gasteiger partial charge in [0, 0.05) is 108 Å². The molecule has 0 saturated heterocycles. The van der Waals surface area contributed by atoms with Crippen LogP contribution < -0.4 is 30.6 Å². The molecule has 0 aliphatic rings. The maximum Gasteiger partial charge on any atom is 2.00 e. The summed E-state index contributed by atoms with van der Waals surface area (Å²) in [6, 6.07) is 15.5. The standard InChI is InChI=1S/2C5H8N2.4C5H7N2.2C4H5N2.2Au.2Cu.2Pt/c6*1-4-3-5(2)7-6-4;2*1-4-2-3-5-6-4;;;;;;/h2*3H,1-2H3,(H,6,7);4*3H,1-2H3;2*2-3H,1H3;;;;;;/q;;6*-1;;;;+1;2*+2. The van der Waals surface area contributed by atoms with Gasteiger partial charge in [-0.3, -0.25) is 10.2 Å². The number of aromatic nitrogens is 16. The number of hydrogen-bond donors (Lipinski definition) is 2. The van der Waals surface area contributed by atoms with Crippen molar-refractivity contribution in [3.05, 3.63) is 141 Å². The third kappa shape index (κ3) is 38.5. The summed E-state index contributed by atoms with van der Waals surface area (Å²) in [5, 5.41) is 58.0. The van der Waals surface area contributed by atoms with Crippen molar-refractivity contribution in [2.75, 3.05) is 0 Å². The third-order valence-electron chi connectivity index (χ3n) is 6.00. The van der Waals surface area contributed by atoms with E-state index in [-0.39, 0.29) is 121 Å². The molecule has 8 heterocycles.